The number of carbonyl (C=O) groups excluding carboxylic acids is 1. The summed E-state index contributed by atoms with van der Waals surface area (Å²) in [5.74, 6) is -0.639. The van der Waals surface area contributed by atoms with Crippen LogP contribution < -0.4 is 5.32 Å². The molecule has 0 spiro atoms. The average molecular weight is 461 g/mol. The molecule has 2 N–H and O–H groups in total. The summed E-state index contributed by atoms with van der Waals surface area (Å²) in [4.78, 5) is 17.3. The van der Waals surface area contributed by atoms with Crippen molar-refractivity contribution in [3.05, 3.63) is 83.4 Å². The minimum atomic E-state index is -1.54. The van der Waals surface area contributed by atoms with E-state index in [-0.39, 0.29) is 30.6 Å². The number of carbonyl (C=O) groups is 1. The lowest BCUT2D eigenvalue weighted by molar-refractivity contribution is 0.0745. The van der Waals surface area contributed by atoms with Crippen molar-refractivity contribution in [2.75, 3.05) is 0 Å². The third kappa shape index (κ3) is 4.55. The third-order valence-corrected chi connectivity index (χ3v) is 6.59. The number of alkyl halides is 1. The highest BCUT2D eigenvalue weighted by Gasteiger charge is 2.37. The molecule has 1 fully saturated rings. The standard InChI is InChI=1S/C27H26F2N4O/c1-17-13-18(10-12-30-17)25-22-14-19(8-9-24(22)32-33-25)26(34)31-21-6-4-11-27(29,16-21)15-20-5-2-3-7-23(20)28/h2-3,5,7-10,12-14,21H,4,6,11,15-16H2,1H3,(H,31,34)(H,32,33). The van der Waals surface area contributed by atoms with Crippen molar-refractivity contribution in [2.45, 2.75) is 50.7 Å². The van der Waals surface area contributed by atoms with Gasteiger partial charge in [-0.1, -0.05) is 18.2 Å². The number of benzene rings is 2. The second-order valence-corrected chi connectivity index (χ2v) is 9.20. The first kappa shape index (κ1) is 22.2. The Morgan fingerprint density at radius 1 is 1.21 bits per heavy atom. The molecule has 0 aliphatic heterocycles. The second-order valence-electron chi connectivity index (χ2n) is 9.20. The largest absolute Gasteiger partial charge is 0.349 e. The number of hydrogen-bond acceptors (Lipinski definition) is 3. The Balaban J connectivity index is 1.33. The molecule has 5 nitrogen and oxygen atoms in total. The molecule has 2 aromatic heterocycles. The van der Waals surface area contributed by atoms with Gasteiger partial charge in [-0.3, -0.25) is 14.9 Å². The van der Waals surface area contributed by atoms with Crippen LogP contribution in [0.1, 0.15) is 47.3 Å². The lowest BCUT2D eigenvalue weighted by Crippen LogP contribution is -2.44. The van der Waals surface area contributed by atoms with Gasteiger partial charge in [-0.15, -0.1) is 0 Å². The Morgan fingerprint density at radius 2 is 2.06 bits per heavy atom. The van der Waals surface area contributed by atoms with Crippen LogP contribution in [0.5, 0.6) is 0 Å². The highest BCUT2D eigenvalue weighted by atomic mass is 19.1. The van der Waals surface area contributed by atoms with Crippen LogP contribution in [0.2, 0.25) is 0 Å². The zero-order valence-corrected chi connectivity index (χ0v) is 18.9. The van der Waals surface area contributed by atoms with Crippen LogP contribution in [0.3, 0.4) is 0 Å². The monoisotopic (exact) mass is 460 g/mol. The van der Waals surface area contributed by atoms with Gasteiger partial charge in [-0.2, -0.15) is 5.10 Å². The molecule has 7 heteroatoms. The zero-order valence-electron chi connectivity index (χ0n) is 18.9. The fourth-order valence-corrected chi connectivity index (χ4v) is 4.91. The SMILES string of the molecule is Cc1cc(-c2n[nH]c3ccc(C(=O)NC4CCCC(F)(Cc5ccccc5F)C4)cc23)ccn1. The lowest BCUT2D eigenvalue weighted by atomic mass is 9.79. The minimum absolute atomic E-state index is 0.0156. The predicted octanol–water partition coefficient (Wildman–Crippen LogP) is 5.70. The van der Waals surface area contributed by atoms with E-state index in [0.29, 0.717) is 30.4 Å². The number of nitrogens with one attached hydrogen (secondary N) is 2. The number of hydrogen-bond donors (Lipinski definition) is 2. The van der Waals surface area contributed by atoms with Crippen LogP contribution in [-0.2, 0) is 6.42 Å². The minimum Gasteiger partial charge on any atom is -0.349 e. The van der Waals surface area contributed by atoms with E-state index in [4.69, 9.17) is 0 Å². The van der Waals surface area contributed by atoms with Crippen molar-refractivity contribution in [1.29, 1.82) is 0 Å². The van der Waals surface area contributed by atoms with E-state index in [1.165, 1.54) is 6.07 Å². The molecule has 1 aliphatic carbocycles. The Bertz CT molecular complexity index is 1350. The van der Waals surface area contributed by atoms with Gasteiger partial charge in [0.15, 0.2) is 0 Å². The number of fused-ring (bicyclic) bond motifs is 1. The zero-order chi connectivity index (χ0) is 23.7. The summed E-state index contributed by atoms with van der Waals surface area (Å²) in [7, 11) is 0. The molecule has 34 heavy (non-hydrogen) atoms. The molecule has 5 rings (SSSR count). The summed E-state index contributed by atoms with van der Waals surface area (Å²) in [5, 5.41) is 11.3. The summed E-state index contributed by atoms with van der Waals surface area (Å²) in [6.45, 7) is 1.92. The highest BCUT2D eigenvalue weighted by molar-refractivity contribution is 6.01. The number of H-pyrrole nitrogens is 1. The van der Waals surface area contributed by atoms with Gasteiger partial charge in [0.2, 0.25) is 0 Å². The van der Waals surface area contributed by atoms with Crippen molar-refractivity contribution in [2.24, 2.45) is 0 Å². The van der Waals surface area contributed by atoms with Gasteiger partial charge in [-0.25, -0.2) is 8.78 Å². The quantitative estimate of drug-likeness (QED) is 0.402. The van der Waals surface area contributed by atoms with Gasteiger partial charge >= 0.3 is 0 Å². The predicted molar refractivity (Wildman–Crippen MR) is 128 cm³/mol. The molecule has 0 bridgehead atoms. The van der Waals surface area contributed by atoms with Gasteiger partial charge < -0.3 is 5.32 Å². The van der Waals surface area contributed by atoms with Crippen LogP contribution in [0.25, 0.3) is 22.2 Å². The number of rotatable bonds is 5. The van der Waals surface area contributed by atoms with E-state index in [1.54, 1.807) is 30.5 Å². The fraction of sp³-hybridized carbons (Fsp3) is 0.296. The van der Waals surface area contributed by atoms with E-state index in [2.05, 4.69) is 20.5 Å². The first-order valence-corrected chi connectivity index (χ1v) is 11.5. The summed E-state index contributed by atoms with van der Waals surface area (Å²) >= 11 is 0. The lowest BCUT2D eigenvalue weighted by Gasteiger charge is -2.35. The van der Waals surface area contributed by atoms with Gasteiger partial charge in [-0.05, 0) is 68.1 Å². The molecule has 0 saturated heterocycles. The molecular weight excluding hydrogens is 434 g/mol. The van der Waals surface area contributed by atoms with E-state index >= 15 is 4.39 Å². The number of aryl methyl sites for hydroxylation is 1. The first-order valence-electron chi connectivity index (χ1n) is 11.5. The maximum Gasteiger partial charge on any atom is 0.251 e. The molecule has 1 saturated carbocycles. The molecule has 2 unspecified atom stereocenters. The van der Waals surface area contributed by atoms with E-state index in [1.807, 2.05) is 31.2 Å². The smallest absolute Gasteiger partial charge is 0.251 e. The Labute approximate surface area is 196 Å². The number of halogens is 2. The maximum absolute atomic E-state index is 15.6. The van der Waals surface area contributed by atoms with Crippen LogP contribution in [0.15, 0.2) is 60.8 Å². The van der Waals surface area contributed by atoms with Gasteiger partial charge in [0, 0.05) is 47.3 Å². The molecule has 0 radical (unpaired) electrons. The van der Waals surface area contributed by atoms with Crippen LogP contribution >= 0.6 is 0 Å². The maximum atomic E-state index is 15.6. The van der Waals surface area contributed by atoms with Crippen molar-refractivity contribution in [3.63, 3.8) is 0 Å². The van der Waals surface area contributed by atoms with Crippen LogP contribution in [-0.4, -0.2) is 32.8 Å². The number of nitrogens with zero attached hydrogens (tertiary/aromatic N) is 2. The van der Waals surface area contributed by atoms with Gasteiger partial charge in [0.25, 0.3) is 5.91 Å². The average Bonchev–Trinajstić information content (AvgIpc) is 3.24. The number of pyridine rings is 1. The molecule has 1 amide bonds. The van der Waals surface area contributed by atoms with Gasteiger partial charge in [0.05, 0.1) is 5.52 Å². The van der Waals surface area contributed by atoms with Crippen LogP contribution in [0, 0.1) is 12.7 Å². The summed E-state index contributed by atoms with van der Waals surface area (Å²) in [5.41, 5.74) is 2.70. The Morgan fingerprint density at radius 3 is 2.88 bits per heavy atom. The third-order valence-electron chi connectivity index (χ3n) is 6.59. The Kier molecular flexibility index (Phi) is 5.86. The van der Waals surface area contributed by atoms with Crippen LogP contribution in [0.4, 0.5) is 8.78 Å². The Hall–Kier alpha value is -3.61. The molecule has 2 atom stereocenters. The topological polar surface area (TPSA) is 70.7 Å². The second kappa shape index (κ2) is 8.97. The first-order chi connectivity index (χ1) is 16.4. The molecular formula is C27H26F2N4O. The van der Waals surface area contributed by atoms with Crippen molar-refractivity contribution in [3.8, 4) is 11.3 Å². The normalized spacial score (nSPS) is 20.4. The van der Waals surface area contributed by atoms with E-state index in [9.17, 15) is 9.18 Å². The number of aromatic amines is 1. The summed E-state index contributed by atoms with van der Waals surface area (Å²) in [6, 6.07) is 15.2. The van der Waals surface area contributed by atoms with E-state index < -0.39 is 5.67 Å². The molecule has 2 aromatic carbocycles. The highest BCUT2D eigenvalue weighted by Crippen LogP contribution is 2.36. The number of amides is 1. The summed E-state index contributed by atoms with van der Waals surface area (Å²) < 4.78 is 29.7. The fourth-order valence-electron chi connectivity index (χ4n) is 4.91. The molecule has 1 aliphatic rings. The van der Waals surface area contributed by atoms with Crippen molar-refractivity contribution < 1.29 is 13.6 Å². The molecule has 174 valence electrons. The van der Waals surface area contributed by atoms with E-state index in [0.717, 1.165) is 27.9 Å². The van der Waals surface area contributed by atoms with Crippen molar-refractivity contribution >= 4 is 16.8 Å². The summed E-state index contributed by atoms with van der Waals surface area (Å²) in [6.07, 6.45) is 3.62. The number of aromatic nitrogens is 3. The molecule has 4 aromatic rings. The molecule has 2 heterocycles. The van der Waals surface area contributed by atoms with Gasteiger partial charge in [0.1, 0.15) is 17.2 Å². The van der Waals surface area contributed by atoms with Crippen molar-refractivity contribution in [1.82, 2.24) is 20.5 Å².